The highest BCUT2D eigenvalue weighted by Crippen LogP contribution is 2.82. The molecule has 3 saturated carbocycles. The van der Waals surface area contributed by atoms with Crippen LogP contribution in [0.25, 0.3) is 0 Å². The van der Waals surface area contributed by atoms with E-state index in [1.54, 1.807) is 0 Å². The average Bonchev–Trinajstić information content (AvgIpc) is 2.74. The Morgan fingerprint density at radius 2 is 1.85 bits per heavy atom. The van der Waals surface area contributed by atoms with E-state index in [4.69, 9.17) is 0 Å². The Kier molecular flexibility index (Phi) is 2.24. The molecule has 1 heteroatoms. The van der Waals surface area contributed by atoms with Crippen LogP contribution in [0.3, 0.4) is 0 Å². The third kappa shape index (κ3) is 1.13. The molecule has 4 atom stereocenters. The van der Waals surface area contributed by atoms with E-state index in [0.29, 0.717) is 16.6 Å². The van der Waals surface area contributed by atoms with Crippen LogP contribution < -0.4 is 0 Å². The zero-order chi connectivity index (χ0) is 14.4. The molecule has 0 N–H and O–H groups in total. The number of allylic oxidation sites excluding steroid dienone is 2. The highest BCUT2D eigenvalue weighted by Gasteiger charge is 2.77. The van der Waals surface area contributed by atoms with E-state index in [1.807, 2.05) is 0 Å². The molecule has 4 aliphatic carbocycles. The first-order chi connectivity index (χ1) is 9.27. The normalized spacial score (nSPS) is 52.5. The molecule has 0 heterocycles. The molecule has 0 aromatic heterocycles. The molecular formula is C19H28O. The average molecular weight is 272 g/mol. The van der Waals surface area contributed by atoms with Crippen molar-refractivity contribution in [3.05, 3.63) is 11.6 Å². The molecule has 3 fully saturated rings. The molecule has 0 saturated heterocycles. The van der Waals surface area contributed by atoms with E-state index < -0.39 is 0 Å². The summed E-state index contributed by atoms with van der Waals surface area (Å²) < 4.78 is 0. The lowest BCUT2D eigenvalue weighted by Crippen LogP contribution is -2.45. The summed E-state index contributed by atoms with van der Waals surface area (Å²) in [6, 6.07) is 0. The minimum atomic E-state index is 0.205. The predicted molar refractivity (Wildman–Crippen MR) is 81.3 cm³/mol. The highest BCUT2D eigenvalue weighted by atomic mass is 16.1. The van der Waals surface area contributed by atoms with Gasteiger partial charge in [-0.2, -0.15) is 0 Å². The fourth-order valence-electron chi connectivity index (χ4n) is 7.74. The minimum absolute atomic E-state index is 0.205. The van der Waals surface area contributed by atoms with Gasteiger partial charge in [0.1, 0.15) is 0 Å². The molecule has 0 bridgehead atoms. The van der Waals surface area contributed by atoms with Crippen molar-refractivity contribution in [1.29, 1.82) is 0 Å². The summed E-state index contributed by atoms with van der Waals surface area (Å²) in [6.45, 7) is 9.90. The Labute approximate surface area is 123 Å². The molecule has 0 unspecified atom stereocenters. The number of hydrogen-bond acceptors (Lipinski definition) is 1. The summed E-state index contributed by atoms with van der Waals surface area (Å²) in [7, 11) is 0. The van der Waals surface area contributed by atoms with Crippen LogP contribution in [0.5, 0.6) is 0 Å². The first kappa shape index (κ1) is 13.1. The van der Waals surface area contributed by atoms with Gasteiger partial charge in [-0.1, -0.05) is 33.8 Å². The predicted octanol–water partition coefficient (Wildman–Crippen LogP) is 4.91. The van der Waals surface area contributed by atoms with Crippen molar-refractivity contribution in [2.45, 2.75) is 72.6 Å². The van der Waals surface area contributed by atoms with Crippen LogP contribution in [-0.2, 0) is 4.79 Å². The van der Waals surface area contributed by atoms with Gasteiger partial charge in [0.25, 0.3) is 0 Å². The quantitative estimate of drug-likeness (QED) is 0.612. The smallest absolute Gasteiger partial charge is 0.159 e. The number of Topliss-reactive ketones (excluding diaryl/α,β-unsaturated/α-hetero) is 1. The molecule has 20 heavy (non-hydrogen) atoms. The lowest BCUT2D eigenvalue weighted by Gasteiger charge is -2.50. The van der Waals surface area contributed by atoms with Crippen molar-refractivity contribution < 1.29 is 4.79 Å². The third-order valence-corrected chi connectivity index (χ3v) is 7.76. The maximum Gasteiger partial charge on any atom is 0.159 e. The van der Waals surface area contributed by atoms with Gasteiger partial charge in [-0.3, -0.25) is 4.79 Å². The number of carbonyl (C=O) groups is 1. The van der Waals surface area contributed by atoms with Gasteiger partial charge in [0.15, 0.2) is 5.78 Å². The molecule has 0 aromatic carbocycles. The van der Waals surface area contributed by atoms with Crippen LogP contribution in [-0.4, -0.2) is 5.78 Å². The van der Waals surface area contributed by atoms with Crippen LogP contribution >= 0.6 is 0 Å². The fraction of sp³-hybridized carbons (Fsp3) is 0.842. The van der Waals surface area contributed by atoms with E-state index in [1.165, 1.54) is 37.7 Å². The van der Waals surface area contributed by atoms with Gasteiger partial charge < -0.3 is 0 Å². The molecule has 0 aromatic rings. The monoisotopic (exact) mass is 272 g/mol. The summed E-state index contributed by atoms with van der Waals surface area (Å²) in [5.41, 5.74) is 2.47. The summed E-state index contributed by atoms with van der Waals surface area (Å²) in [4.78, 5) is 12.8. The summed E-state index contributed by atoms with van der Waals surface area (Å²) in [5.74, 6) is 1.21. The van der Waals surface area contributed by atoms with E-state index in [2.05, 4.69) is 33.8 Å². The van der Waals surface area contributed by atoms with Crippen molar-refractivity contribution in [3.8, 4) is 0 Å². The molecule has 4 aliphatic rings. The van der Waals surface area contributed by atoms with Crippen molar-refractivity contribution >= 4 is 5.78 Å². The fourth-order valence-corrected chi connectivity index (χ4v) is 7.74. The van der Waals surface area contributed by atoms with E-state index in [-0.39, 0.29) is 10.8 Å². The second-order valence-electron chi connectivity index (χ2n) is 9.30. The van der Waals surface area contributed by atoms with Crippen molar-refractivity contribution in [2.75, 3.05) is 0 Å². The topological polar surface area (TPSA) is 17.1 Å². The Hall–Kier alpha value is -0.590. The van der Waals surface area contributed by atoms with Gasteiger partial charge in [-0.05, 0) is 66.3 Å². The molecule has 0 radical (unpaired) electrons. The van der Waals surface area contributed by atoms with Crippen molar-refractivity contribution in [1.82, 2.24) is 0 Å². The highest BCUT2D eigenvalue weighted by molar-refractivity contribution is 6.01. The number of hydrogen-bond donors (Lipinski definition) is 0. The van der Waals surface area contributed by atoms with Gasteiger partial charge in [-0.15, -0.1) is 0 Å². The maximum atomic E-state index is 12.8. The summed E-state index contributed by atoms with van der Waals surface area (Å²) in [5, 5.41) is 0. The molecule has 0 aliphatic heterocycles. The zero-order valence-corrected chi connectivity index (χ0v) is 13.5. The summed E-state index contributed by atoms with van der Waals surface area (Å²) in [6.07, 6.45) is 10.8. The Balaban J connectivity index is 2.04. The molecule has 110 valence electrons. The van der Waals surface area contributed by atoms with Crippen LogP contribution in [0.1, 0.15) is 72.6 Å². The molecule has 4 rings (SSSR count). The second kappa shape index (κ2) is 3.42. The van der Waals surface area contributed by atoms with Gasteiger partial charge >= 0.3 is 0 Å². The third-order valence-electron chi connectivity index (χ3n) is 7.76. The molecule has 1 nitrogen and oxygen atoms in total. The first-order valence-electron chi connectivity index (χ1n) is 8.51. The van der Waals surface area contributed by atoms with Gasteiger partial charge in [0.05, 0.1) is 0 Å². The van der Waals surface area contributed by atoms with Crippen LogP contribution in [0, 0.1) is 27.6 Å². The molecule has 1 spiro atoms. The Morgan fingerprint density at radius 3 is 2.60 bits per heavy atom. The van der Waals surface area contributed by atoms with Crippen LogP contribution in [0.2, 0.25) is 0 Å². The molecular weight excluding hydrogens is 244 g/mol. The van der Waals surface area contributed by atoms with Gasteiger partial charge in [-0.25, -0.2) is 0 Å². The summed E-state index contributed by atoms with van der Waals surface area (Å²) >= 11 is 0. The molecule has 0 amide bonds. The van der Waals surface area contributed by atoms with Crippen molar-refractivity contribution in [3.63, 3.8) is 0 Å². The van der Waals surface area contributed by atoms with Crippen LogP contribution in [0.4, 0.5) is 0 Å². The SMILES string of the molecule is CC1(C)C[C@@]2(C)CC(=O)C3=CCCC[C@@]4(C)CC[C@H]1[C@@]342. The van der Waals surface area contributed by atoms with Crippen molar-refractivity contribution in [2.24, 2.45) is 27.6 Å². The van der Waals surface area contributed by atoms with E-state index >= 15 is 0 Å². The first-order valence-corrected chi connectivity index (χ1v) is 8.51. The van der Waals surface area contributed by atoms with E-state index in [0.717, 1.165) is 18.8 Å². The largest absolute Gasteiger partial charge is 0.295 e. The number of ketones is 1. The van der Waals surface area contributed by atoms with E-state index in [9.17, 15) is 4.79 Å². The lowest BCUT2D eigenvalue weighted by molar-refractivity contribution is -0.115. The lowest BCUT2D eigenvalue weighted by atomic mass is 9.53. The standard InChI is InChI=1S/C19H28O/c1-16(2)12-18(4)11-14(20)13-7-5-6-9-17(3)10-8-15(16)19(13,17)18/h7,15H,5-6,8-12H2,1-4H3/t15-,17+,18-,19+/m1/s1. The number of rotatable bonds is 0. The second-order valence-corrected chi connectivity index (χ2v) is 9.30. The Morgan fingerprint density at radius 1 is 1.10 bits per heavy atom. The zero-order valence-electron chi connectivity index (χ0n) is 13.5. The number of carbonyl (C=O) groups excluding carboxylic acids is 1. The van der Waals surface area contributed by atoms with Crippen LogP contribution in [0.15, 0.2) is 11.6 Å². The Bertz CT molecular complexity index is 528. The maximum absolute atomic E-state index is 12.8. The van der Waals surface area contributed by atoms with Gasteiger partial charge in [0.2, 0.25) is 0 Å². The van der Waals surface area contributed by atoms with Gasteiger partial charge in [0, 0.05) is 11.8 Å². The minimum Gasteiger partial charge on any atom is -0.295 e.